The number of anilines is 1. The summed E-state index contributed by atoms with van der Waals surface area (Å²) in [5.41, 5.74) is 0.299. The predicted molar refractivity (Wildman–Crippen MR) is 131 cm³/mol. The van der Waals surface area contributed by atoms with E-state index in [0.717, 1.165) is 4.90 Å². The van der Waals surface area contributed by atoms with E-state index in [0.29, 0.717) is 5.56 Å². The fraction of sp³-hybridized carbons (Fsp3) is 0.0833. The van der Waals surface area contributed by atoms with Gasteiger partial charge in [-0.25, -0.2) is 4.39 Å². The first-order valence-corrected chi connectivity index (χ1v) is 11.2. The van der Waals surface area contributed by atoms with Crippen LogP contribution in [0.25, 0.3) is 5.76 Å². The highest BCUT2D eigenvalue weighted by Crippen LogP contribution is 2.45. The smallest absolute Gasteiger partial charge is 0.300 e. The molecule has 5 nitrogen and oxygen atoms in total. The molecular weight excluding hydrogens is 527 g/mol. The van der Waals surface area contributed by atoms with Crippen molar-refractivity contribution in [3.63, 3.8) is 0 Å². The second-order valence-corrected chi connectivity index (χ2v) is 9.03. The van der Waals surface area contributed by atoms with E-state index in [9.17, 15) is 19.1 Å². The summed E-state index contributed by atoms with van der Waals surface area (Å²) in [5.74, 6) is -2.96. The Kier molecular flexibility index (Phi) is 6.78. The Morgan fingerprint density at radius 3 is 2.12 bits per heavy atom. The normalized spacial score (nSPS) is 17.4. The summed E-state index contributed by atoms with van der Waals surface area (Å²) in [5, 5.41) is 12.0. The molecule has 174 valence electrons. The third kappa shape index (κ3) is 4.34. The molecule has 0 saturated carbocycles. The average molecular weight is 541 g/mol. The molecule has 1 N–H and O–H groups in total. The molecule has 4 rings (SSSR count). The number of amides is 1. The number of methoxy groups -OCH3 is 1. The van der Waals surface area contributed by atoms with Crippen molar-refractivity contribution in [3.8, 4) is 5.75 Å². The molecule has 0 radical (unpaired) electrons. The van der Waals surface area contributed by atoms with Crippen molar-refractivity contribution in [2.75, 3.05) is 12.0 Å². The van der Waals surface area contributed by atoms with Gasteiger partial charge < -0.3 is 9.84 Å². The van der Waals surface area contributed by atoms with E-state index in [1.807, 2.05) is 0 Å². The Morgan fingerprint density at radius 2 is 1.53 bits per heavy atom. The molecule has 0 spiro atoms. The standard InChI is InChI=1S/C24H14Cl4FNO4/c1-34-23-17(9-14(27)10-18(23)28)21(31)19-20(11-2-4-15(29)5-3-11)30(24(33)22(19)32)16-7-12(25)6-13(26)8-16/h2-10,20,31H,1H3/b21-19+. The summed E-state index contributed by atoms with van der Waals surface area (Å²) < 4.78 is 19.0. The number of halogens is 5. The lowest BCUT2D eigenvalue weighted by Gasteiger charge is -2.26. The second-order valence-electron chi connectivity index (χ2n) is 7.32. The minimum Gasteiger partial charge on any atom is -0.507 e. The van der Waals surface area contributed by atoms with Crippen LogP contribution in [0.2, 0.25) is 20.1 Å². The maximum Gasteiger partial charge on any atom is 0.300 e. The zero-order valence-electron chi connectivity index (χ0n) is 17.3. The molecule has 0 bridgehead atoms. The number of aliphatic hydroxyl groups is 1. The van der Waals surface area contributed by atoms with Crippen molar-refractivity contribution in [3.05, 3.63) is 97.2 Å². The lowest BCUT2D eigenvalue weighted by Crippen LogP contribution is -2.29. The Morgan fingerprint density at radius 1 is 0.941 bits per heavy atom. The van der Waals surface area contributed by atoms with Crippen LogP contribution in [-0.2, 0) is 9.59 Å². The number of aliphatic hydroxyl groups excluding tert-OH is 1. The Labute approximate surface area is 213 Å². The fourth-order valence-electron chi connectivity index (χ4n) is 3.83. The van der Waals surface area contributed by atoms with E-state index in [-0.39, 0.29) is 42.7 Å². The second kappa shape index (κ2) is 9.47. The fourth-order valence-corrected chi connectivity index (χ4v) is 4.91. The van der Waals surface area contributed by atoms with Gasteiger partial charge in [0.1, 0.15) is 17.3 Å². The van der Waals surface area contributed by atoms with Gasteiger partial charge in [-0.2, -0.15) is 0 Å². The maximum absolute atomic E-state index is 13.7. The molecule has 1 amide bonds. The molecule has 1 aliphatic rings. The number of carbonyl (C=O) groups excluding carboxylic acids is 2. The van der Waals surface area contributed by atoms with E-state index in [1.165, 1.54) is 61.7 Å². The molecule has 10 heteroatoms. The molecule has 0 aliphatic carbocycles. The van der Waals surface area contributed by atoms with Gasteiger partial charge in [-0.15, -0.1) is 0 Å². The van der Waals surface area contributed by atoms with Crippen molar-refractivity contribution < 1.29 is 23.8 Å². The van der Waals surface area contributed by atoms with Crippen molar-refractivity contribution in [2.45, 2.75) is 6.04 Å². The Bertz CT molecular complexity index is 1340. The number of rotatable bonds is 4. The SMILES string of the molecule is COc1c(Cl)cc(Cl)cc1/C(O)=C1\C(=O)C(=O)N(c2cc(Cl)cc(Cl)c2)C1c1ccc(F)cc1. The molecule has 1 fully saturated rings. The van der Waals surface area contributed by atoms with E-state index in [1.54, 1.807) is 0 Å². The summed E-state index contributed by atoms with van der Waals surface area (Å²) in [7, 11) is 1.33. The molecule has 3 aromatic carbocycles. The number of hydrogen-bond acceptors (Lipinski definition) is 4. The molecule has 1 atom stereocenters. The van der Waals surface area contributed by atoms with Gasteiger partial charge in [-0.05, 0) is 48.0 Å². The summed E-state index contributed by atoms with van der Waals surface area (Å²) in [6, 6.07) is 11.1. The van der Waals surface area contributed by atoms with Crippen molar-refractivity contribution in [1.82, 2.24) is 0 Å². The number of carbonyl (C=O) groups is 2. The topological polar surface area (TPSA) is 66.8 Å². The molecule has 0 aromatic heterocycles. The maximum atomic E-state index is 13.7. The Balaban J connectivity index is 2.02. The van der Waals surface area contributed by atoms with Crippen LogP contribution in [0.5, 0.6) is 5.75 Å². The van der Waals surface area contributed by atoms with Gasteiger partial charge in [-0.3, -0.25) is 14.5 Å². The van der Waals surface area contributed by atoms with Crippen LogP contribution >= 0.6 is 46.4 Å². The summed E-state index contributed by atoms with van der Waals surface area (Å²) in [6.07, 6.45) is 0. The number of ether oxygens (including phenoxy) is 1. The molecule has 34 heavy (non-hydrogen) atoms. The van der Waals surface area contributed by atoms with Crippen LogP contribution in [0.15, 0.2) is 60.2 Å². The highest BCUT2D eigenvalue weighted by Gasteiger charge is 2.47. The minimum atomic E-state index is -1.14. The lowest BCUT2D eigenvalue weighted by atomic mass is 9.94. The highest BCUT2D eigenvalue weighted by atomic mass is 35.5. The van der Waals surface area contributed by atoms with Crippen LogP contribution in [0, 0.1) is 5.82 Å². The van der Waals surface area contributed by atoms with Crippen LogP contribution < -0.4 is 9.64 Å². The third-order valence-electron chi connectivity index (χ3n) is 5.22. The van der Waals surface area contributed by atoms with Crippen molar-refractivity contribution >= 4 is 69.5 Å². The minimum absolute atomic E-state index is 0.00855. The largest absolute Gasteiger partial charge is 0.507 e. The van der Waals surface area contributed by atoms with Crippen LogP contribution in [0.1, 0.15) is 17.2 Å². The average Bonchev–Trinajstić information content (AvgIpc) is 3.03. The predicted octanol–water partition coefficient (Wildman–Crippen LogP) is 7.07. The first-order chi connectivity index (χ1) is 16.1. The van der Waals surface area contributed by atoms with Crippen molar-refractivity contribution in [1.29, 1.82) is 0 Å². The van der Waals surface area contributed by atoms with Crippen LogP contribution in [-0.4, -0.2) is 23.9 Å². The summed E-state index contributed by atoms with van der Waals surface area (Å²) in [4.78, 5) is 27.6. The number of ketones is 1. The quantitative estimate of drug-likeness (QED) is 0.218. The van der Waals surface area contributed by atoms with E-state index < -0.39 is 29.3 Å². The van der Waals surface area contributed by atoms with Gasteiger partial charge in [-0.1, -0.05) is 58.5 Å². The van der Waals surface area contributed by atoms with Gasteiger partial charge in [0, 0.05) is 20.8 Å². The summed E-state index contributed by atoms with van der Waals surface area (Å²) >= 11 is 24.6. The zero-order chi connectivity index (χ0) is 24.7. The van der Waals surface area contributed by atoms with Gasteiger partial charge in [0.2, 0.25) is 0 Å². The van der Waals surface area contributed by atoms with Gasteiger partial charge in [0.05, 0.1) is 29.3 Å². The highest BCUT2D eigenvalue weighted by molar-refractivity contribution is 6.52. The molecule has 1 saturated heterocycles. The van der Waals surface area contributed by atoms with E-state index in [2.05, 4.69) is 0 Å². The number of hydrogen-bond donors (Lipinski definition) is 1. The first kappa shape index (κ1) is 24.4. The van der Waals surface area contributed by atoms with Gasteiger partial charge >= 0.3 is 0 Å². The zero-order valence-corrected chi connectivity index (χ0v) is 20.3. The lowest BCUT2D eigenvalue weighted by molar-refractivity contribution is -0.132. The summed E-state index contributed by atoms with van der Waals surface area (Å²) in [6.45, 7) is 0. The molecule has 3 aromatic rings. The molecule has 1 heterocycles. The number of Topliss-reactive ketones (excluding diaryl/α,β-unsaturated/α-hetero) is 1. The van der Waals surface area contributed by atoms with Crippen LogP contribution in [0.4, 0.5) is 10.1 Å². The number of benzene rings is 3. The third-order valence-corrected chi connectivity index (χ3v) is 6.16. The molecule has 1 unspecified atom stereocenters. The van der Waals surface area contributed by atoms with E-state index in [4.69, 9.17) is 51.1 Å². The monoisotopic (exact) mass is 539 g/mol. The van der Waals surface area contributed by atoms with Crippen LogP contribution in [0.3, 0.4) is 0 Å². The molecular formula is C24H14Cl4FNO4. The number of nitrogens with zero attached hydrogens (tertiary/aromatic N) is 1. The van der Waals surface area contributed by atoms with Gasteiger partial charge in [0.15, 0.2) is 0 Å². The van der Waals surface area contributed by atoms with Crippen molar-refractivity contribution in [2.24, 2.45) is 0 Å². The van der Waals surface area contributed by atoms with E-state index >= 15 is 0 Å². The first-order valence-electron chi connectivity index (χ1n) is 9.68. The molecule has 1 aliphatic heterocycles. The van der Waals surface area contributed by atoms with Gasteiger partial charge in [0.25, 0.3) is 11.7 Å². The Hall–Kier alpha value is -2.77.